The van der Waals surface area contributed by atoms with Crippen LogP contribution in [-0.2, 0) is 10.0 Å². The van der Waals surface area contributed by atoms with E-state index < -0.39 is 14.9 Å². The van der Waals surface area contributed by atoms with Crippen molar-refractivity contribution in [3.63, 3.8) is 0 Å². The second-order valence-corrected chi connectivity index (χ2v) is 6.10. The monoisotopic (exact) mass is 287 g/mol. The van der Waals surface area contributed by atoms with Crippen LogP contribution >= 0.6 is 0 Å². The van der Waals surface area contributed by atoms with E-state index in [1.54, 1.807) is 27.8 Å². The Bertz CT molecular complexity index is 596. The van der Waals surface area contributed by atoms with Crippen molar-refractivity contribution < 1.29 is 13.3 Å². The lowest BCUT2D eigenvalue weighted by atomic mass is 10.2. The molecule has 0 amide bonds. The number of hydrogen-bond acceptors (Lipinski definition) is 5. The van der Waals surface area contributed by atoms with Gasteiger partial charge in [-0.05, 0) is 32.4 Å². The van der Waals surface area contributed by atoms with Crippen molar-refractivity contribution in [3.05, 3.63) is 27.8 Å². The molecular formula is C11H17N3O4S. The highest BCUT2D eigenvalue weighted by Gasteiger charge is 2.24. The summed E-state index contributed by atoms with van der Waals surface area (Å²) >= 11 is 0. The molecule has 1 aromatic rings. The van der Waals surface area contributed by atoms with Crippen LogP contribution in [0.4, 0.5) is 11.4 Å². The third-order valence-corrected chi connectivity index (χ3v) is 4.24. The lowest BCUT2D eigenvalue weighted by Crippen LogP contribution is -2.30. The quantitative estimate of drug-likeness (QED) is 0.633. The maximum absolute atomic E-state index is 12.1. The first-order valence-electron chi connectivity index (χ1n) is 5.68. The molecule has 0 spiro atoms. The van der Waals surface area contributed by atoms with E-state index >= 15 is 0 Å². The summed E-state index contributed by atoms with van der Waals surface area (Å²) in [5.74, 6) is 0. The predicted molar refractivity (Wildman–Crippen MR) is 72.8 cm³/mol. The molecule has 0 fully saturated rings. The lowest BCUT2D eigenvalue weighted by molar-refractivity contribution is -0.384. The van der Waals surface area contributed by atoms with Crippen molar-refractivity contribution in [1.82, 2.24) is 4.72 Å². The summed E-state index contributed by atoms with van der Waals surface area (Å²) in [4.78, 5) is 10.3. The number of nitro groups is 1. The molecule has 19 heavy (non-hydrogen) atoms. The normalized spacial score (nSPS) is 11.6. The van der Waals surface area contributed by atoms with Gasteiger partial charge < -0.3 is 5.32 Å². The highest BCUT2D eigenvalue weighted by atomic mass is 32.2. The third-order valence-electron chi connectivity index (χ3n) is 2.44. The third kappa shape index (κ3) is 3.42. The Balaban J connectivity index is 3.45. The Morgan fingerprint density at radius 3 is 2.32 bits per heavy atom. The molecule has 0 saturated carbocycles. The minimum absolute atomic E-state index is 0.0769. The van der Waals surface area contributed by atoms with E-state index in [2.05, 4.69) is 10.0 Å². The van der Waals surface area contributed by atoms with E-state index in [4.69, 9.17) is 0 Å². The van der Waals surface area contributed by atoms with Crippen LogP contribution in [0.1, 0.15) is 19.4 Å². The molecule has 0 unspecified atom stereocenters. The van der Waals surface area contributed by atoms with Gasteiger partial charge in [-0.2, -0.15) is 0 Å². The fraction of sp³-hybridized carbons (Fsp3) is 0.455. The number of aryl methyl sites for hydroxylation is 1. The molecule has 7 nitrogen and oxygen atoms in total. The highest BCUT2D eigenvalue weighted by molar-refractivity contribution is 7.89. The van der Waals surface area contributed by atoms with E-state index in [9.17, 15) is 18.5 Å². The van der Waals surface area contributed by atoms with Crippen molar-refractivity contribution in [2.75, 3.05) is 12.4 Å². The fourth-order valence-corrected chi connectivity index (χ4v) is 3.19. The number of benzene rings is 1. The van der Waals surface area contributed by atoms with E-state index in [1.807, 2.05) is 0 Å². The summed E-state index contributed by atoms with van der Waals surface area (Å²) in [6, 6.07) is 2.24. The molecule has 2 N–H and O–H groups in total. The number of nitrogens with one attached hydrogen (secondary N) is 2. The second-order valence-electron chi connectivity index (χ2n) is 4.42. The van der Waals surface area contributed by atoms with E-state index in [0.717, 1.165) is 6.07 Å². The number of sulfonamides is 1. The second kappa shape index (κ2) is 5.54. The zero-order valence-corrected chi connectivity index (χ0v) is 12.0. The lowest BCUT2D eigenvalue weighted by Gasteiger charge is -2.13. The molecule has 1 aromatic carbocycles. The van der Waals surface area contributed by atoms with Crippen LogP contribution in [0.3, 0.4) is 0 Å². The zero-order valence-electron chi connectivity index (χ0n) is 11.2. The maximum atomic E-state index is 12.1. The summed E-state index contributed by atoms with van der Waals surface area (Å²) in [7, 11) is -2.21. The standard InChI is InChI=1S/C11H17N3O4S/c1-7(2)13-19(17,18)11-6-10(14(15)16)9(12-4)5-8(11)3/h5-7,12-13H,1-4H3. The van der Waals surface area contributed by atoms with Crippen LogP contribution in [0.25, 0.3) is 0 Å². The van der Waals surface area contributed by atoms with Gasteiger partial charge in [0.15, 0.2) is 0 Å². The molecule has 0 heterocycles. The van der Waals surface area contributed by atoms with Crippen LogP contribution in [0.5, 0.6) is 0 Å². The predicted octanol–water partition coefficient (Wildman–Crippen LogP) is 1.63. The minimum atomic E-state index is -3.75. The molecule has 8 heteroatoms. The smallest absolute Gasteiger partial charge is 0.293 e. The summed E-state index contributed by atoms with van der Waals surface area (Å²) in [6.45, 7) is 4.96. The topological polar surface area (TPSA) is 101 Å². The summed E-state index contributed by atoms with van der Waals surface area (Å²) in [6.07, 6.45) is 0. The molecular weight excluding hydrogens is 270 g/mol. The average Bonchev–Trinajstić information content (AvgIpc) is 2.25. The Morgan fingerprint density at radius 2 is 1.89 bits per heavy atom. The molecule has 0 radical (unpaired) electrons. The molecule has 1 rings (SSSR count). The molecule has 106 valence electrons. The Morgan fingerprint density at radius 1 is 1.32 bits per heavy atom. The Hall–Kier alpha value is -1.67. The first-order valence-corrected chi connectivity index (χ1v) is 7.16. The number of nitro benzene ring substituents is 1. The molecule has 0 saturated heterocycles. The first kappa shape index (κ1) is 15.4. The van der Waals surface area contributed by atoms with Crippen molar-refractivity contribution in [3.8, 4) is 0 Å². The van der Waals surface area contributed by atoms with Crippen molar-refractivity contribution in [2.24, 2.45) is 0 Å². The van der Waals surface area contributed by atoms with Gasteiger partial charge in [-0.1, -0.05) is 0 Å². The molecule has 0 aliphatic rings. The fourth-order valence-electron chi connectivity index (χ4n) is 1.69. The van der Waals surface area contributed by atoms with Crippen LogP contribution < -0.4 is 10.0 Å². The highest BCUT2D eigenvalue weighted by Crippen LogP contribution is 2.30. The Kier molecular flexibility index (Phi) is 4.48. The number of anilines is 1. The van der Waals surface area contributed by atoms with Crippen LogP contribution in [-0.4, -0.2) is 26.4 Å². The van der Waals surface area contributed by atoms with Gasteiger partial charge in [0.1, 0.15) is 5.69 Å². The van der Waals surface area contributed by atoms with Gasteiger partial charge in [0.05, 0.1) is 9.82 Å². The minimum Gasteiger partial charge on any atom is -0.383 e. The summed E-state index contributed by atoms with van der Waals surface area (Å²) in [5.41, 5.74) is 0.464. The molecule has 0 atom stereocenters. The average molecular weight is 287 g/mol. The van der Waals surface area contributed by atoms with Gasteiger partial charge in [0.2, 0.25) is 10.0 Å². The SMILES string of the molecule is CNc1cc(C)c(S(=O)(=O)NC(C)C)cc1[N+](=O)[O-]. The van der Waals surface area contributed by atoms with Gasteiger partial charge in [-0.3, -0.25) is 10.1 Å². The van der Waals surface area contributed by atoms with Gasteiger partial charge in [-0.25, -0.2) is 13.1 Å². The van der Waals surface area contributed by atoms with Crippen LogP contribution in [0.2, 0.25) is 0 Å². The maximum Gasteiger partial charge on any atom is 0.293 e. The van der Waals surface area contributed by atoms with Crippen molar-refractivity contribution in [1.29, 1.82) is 0 Å². The van der Waals surface area contributed by atoms with Crippen LogP contribution in [0.15, 0.2) is 17.0 Å². The van der Waals surface area contributed by atoms with Gasteiger partial charge >= 0.3 is 0 Å². The number of rotatable bonds is 5. The molecule has 0 aliphatic heterocycles. The van der Waals surface area contributed by atoms with Crippen molar-refractivity contribution in [2.45, 2.75) is 31.7 Å². The Labute approximate surface area is 112 Å². The van der Waals surface area contributed by atoms with E-state index in [0.29, 0.717) is 5.56 Å². The van der Waals surface area contributed by atoms with E-state index in [1.165, 1.54) is 6.07 Å². The van der Waals surface area contributed by atoms with Gasteiger partial charge in [0.25, 0.3) is 5.69 Å². The zero-order chi connectivity index (χ0) is 14.8. The van der Waals surface area contributed by atoms with E-state index in [-0.39, 0.29) is 22.3 Å². The molecule has 0 aliphatic carbocycles. The first-order chi connectivity index (χ1) is 8.69. The molecule has 0 aromatic heterocycles. The van der Waals surface area contributed by atoms with Crippen molar-refractivity contribution >= 4 is 21.4 Å². The largest absolute Gasteiger partial charge is 0.383 e. The number of nitrogens with zero attached hydrogens (tertiary/aromatic N) is 1. The summed E-state index contributed by atoms with van der Waals surface area (Å²) < 4.78 is 26.6. The van der Waals surface area contributed by atoms with Crippen LogP contribution in [0, 0.1) is 17.0 Å². The van der Waals surface area contributed by atoms with Gasteiger partial charge in [0, 0.05) is 19.2 Å². The molecule has 0 bridgehead atoms. The van der Waals surface area contributed by atoms with Gasteiger partial charge in [-0.15, -0.1) is 0 Å². The summed E-state index contributed by atoms with van der Waals surface area (Å²) in [5, 5.41) is 13.6. The number of hydrogen-bond donors (Lipinski definition) is 2.